The monoisotopic (exact) mass is 310 g/mol. The third-order valence-electron chi connectivity index (χ3n) is 3.57. The normalized spacial score (nSPS) is 17.6. The van der Waals surface area contributed by atoms with E-state index in [2.05, 4.69) is 5.32 Å². The maximum absolute atomic E-state index is 12.1. The van der Waals surface area contributed by atoms with E-state index >= 15 is 0 Å². The number of nitrogens with zero attached hydrogens (tertiary/aromatic N) is 1. The Balaban J connectivity index is 1.76. The molecule has 0 bridgehead atoms. The first-order valence-corrected chi connectivity index (χ1v) is 7.33. The Hall–Kier alpha value is -1.75. The number of carbonyl (C=O) groups is 2. The second-order valence-corrected chi connectivity index (χ2v) is 5.55. The van der Waals surface area contributed by atoms with E-state index in [1.165, 1.54) is 0 Å². The second kappa shape index (κ2) is 7.31. The van der Waals surface area contributed by atoms with E-state index in [1.807, 2.05) is 0 Å². The van der Waals surface area contributed by atoms with E-state index in [1.54, 1.807) is 36.2 Å². The van der Waals surface area contributed by atoms with Crippen LogP contribution in [0.2, 0.25) is 5.02 Å². The Morgan fingerprint density at radius 1 is 1.38 bits per heavy atom. The first kappa shape index (κ1) is 15.6. The van der Waals surface area contributed by atoms with Gasteiger partial charge in [0.2, 0.25) is 5.91 Å². The van der Waals surface area contributed by atoms with Gasteiger partial charge in [0.1, 0.15) is 5.75 Å². The minimum atomic E-state index is -0.0515. The van der Waals surface area contributed by atoms with Crippen LogP contribution in [0.15, 0.2) is 24.3 Å². The first-order valence-electron chi connectivity index (χ1n) is 6.95. The fraction of sp³-hybridized carbons (Fsp3) is 0.467. The number of halogens is 1. The van der Waals surface area contributed by atoms with Crippen molar-refractivity contribution >= 4 is 23.4 Å². The van der Waals surface area contributed by atoms with Gasteiger partial charge in [0.05, 0.1) is 0 Å². The number of benzene rings is 1. The molecule has 1 N–H and O–H groups in total. The van der Waals surface area contributed by atoms with Crippen LogP contribution in [0.25, 0.3) is 0 Å². The van der Waals surface area contributed by atoms with Gasteiger partial charge in [-0.05, 0) is 36.6 Å². The van der Waals surface area contributed by atoms with Crippen molar-refractivity contribution in [1.82, 2.24) is 10.2 Å². The summed E-state index contributed by atoms with van der Waals surface area (Å²) in [5.74, 6) is 0.828. The van der Waals surface area contributed by atoms with Gasteiger partial charge in [-0.3, -0.25) is 9.59 Å². The molecular formula is C15H19ClN2O3. The van der Waals surface area contributed by atoms with Gasteiger partial charge in [-0.15, -0.1) is 0 Å². The highest BCUT2D eigenvalue weighted by Crippen LogP contribution is 2.20. The van der Waals surface area contributed by atoms with Crippen LogP contribution in [0, 0.1) is 5.92 Å². The lowest BCUT2D eigenvalue weighted by atomic mass is 10.1. The number of rotatable bonds is 5. The highest BCUT2D eigenvalue weighted by Gasteiger charge is 2.27. The molecule has 1 aliphatic heterocycles. The number of hydrogen-bond acceptors (Lipinski definition) is 3. The quantitative estimate of drug-likeness (QED) is 0.900. The van der Waals surface area contributed by atoms with E-state index in [9.17, 15) is 9.59 Å². The molecule has 6 heteroatoms. The van der Waals surface area contributed by atoms with Crippen molar-refractivity contribution in [2.45, 2.75) is 12.8 Å². The summed E-state index contributed by atoms with van der Waals surface area (Å²) in [5.41, 5.74) is 0. The molecule has 0 unspecified atom stereocenters. The number of carbonyl (C=O) groups excluding carboxylic acids is 2. The van der Waals surface area contributed by atoms with Crippen LogP contribution in [-0.2, 0) is 9.59 Å². The van der Waals surface area contributed by atoms with Crippen LogP contribution in [0.3, 0.4) is 0 Å². The van der Waals surface area contributed by atoms with Gasteiger partial charge in [0.25, 0.3) is 5.91 Å². The van der Waals surface area contributed by atoms with Crippen molar-refractivity contribution < 1.29 is 14.3 Å². The topological polar surface area (TPSA) is 58.6 Å². The van der Waals surface area contributed by atoms with Gasteiger partial charge in [-0.25, -0.2) is 0 Å². The summed E-state index contributed by atoms with van der Waals surface area (Å²) >= 11 is 5.78. The molecule has 0 radical (unpaired) electrons. The number of amides is 2. The molecule has 5 nitrogen and oxygen atoms in total. The standard InChI is InChI=1S/C15H19ClN2O3/c1-17-14(19)8-11-6-7-18(9-11)15(20)10-21-13-4-2-12(16)3-5-13/h2-5,11H,6-10H2,1H3,(H,17,19)/t11-/m1/s1. The summed E-state index contributed by atoms with van der Waals surface area (Å²) in [6, 6.07) is 6.90. The van der Waals surface area contributed by atoms with Crippen LogP contribution >= 0.6 is 11.6 Å². The third-order valence-corrected chi connectivity index (χ3v) is 3.82. The molecule has 0 saturated carbocycles. The average Bonchev–Trinajstić information content (AvgIpc) is 2.94. The maximum Gasteiger partial charge on any atom is 0.260 e. The summed E-state index contributed by atoms with van der Waals surface area (Å²) in [6.07, 6.45) is 1.33. The number of likely N-dealkylation sites (tertiary alicyclic amines) is 1. The fourth-order valence-corrected chi connectivity index (χ4v) is 2.48. The summed E-state index contributed by atoms with van der Waals surface area (Å²) in [4.78, 5) is 25.1. The molecule has 114 valence electrons. The van der Waals surface area contributed by atoms with Crippen LogP contribution < -0.4 is 10.1 Å². The largest absolute Gasteiger partial charge is 0.484 e. The van der Waals surface area contributed by atoms with Crippen molar-refractivity contribution in [2.75, 3.05) is 26.7 Å². The molecule has 0 aromatic heterocycles. The summed E-state index contributed by atoms with van der Waals surface area (Å²) in [6.45, 7) is 1.31. The van der Waals surface area contributed by atoms with E-state index in [-0.39, 0.29) is 24.3 Å². The van der Waals surface area contributed by atoms with Crippen molar-refractivity contribution in [1.29, 1.82) is 0 Å². The zero-order valence-corrected chi connectivity index (χ0v) is 12.7. The van der Waals surface area contributed by atoms with Gasteiger partial charge >= 0.3 is 0 Å². The van der Waals surface area contributed by atoms with Gasteiger partial charge < -0.3 is 15.0 Å². The zero-order chi connectivity index (χ0) is 15.2. The Morgan fingerprint density at radius 2 is 2.10 bits per heavy atom. The number of ether oxygens (including phenoxy) is 1. The molecule has 1 atom stereocenters. The lowest BCUT2D eigenvalue weighted by molar-refractivity contribution is -0.132. The van der Waals surface area contributed by atoms with Crippen LogP contribution in [-0.4, -0.2) is 43.5 Å². The smallest absolute Gasteiger partial charge is 0.260 e. The van der Waals surface area contributed by atoms with Gasteiger partial charge in [-0.2, -0.15) is 0 Å². The minimum absolute atomic E-state index is 0.00826. The van der Waals surface area contributed by atoms with Gasteiger partial charge in [0.15, 0.2) is 6.61 Å². The highest BCUT2D eigenvalue weighted by atomic mass is 35.5. The molecule has 2 amide bonds. The number of nitrogens with one attached hydrogen (secondary N) is 1. The van der Waals surface area contributed by atoms with Crippen molar-refractivity contribution in [3.05, 3.63) is 29.3 Å². The lowest BCUT2D eigenvalue weighted by Crippen LogP contribution is -2.33. The Kier molecular flexibility index (Phi) is 5.44. The predicted octanol–water partition coefficient (Wildman–Crippen LogP) is 1.70. The molecule has 1 heterocycles. The summed E-state index contributed by atoms with van der Waals surface area (Å²) in [7, 11) is 1.63. The first-order chi connectivity index (χ1) is 10.1. The Labute approximate surface area is 129 Å². The molecule has 1 aromatic carbocycles. The SMILES string of the molecule is CNC(=O)C[C@H]1CCN(C(=O)COc2ccc(Cl)cc2)C1. The van der Waals surface area contributed by atoms with E-state index < -0.39 is 0 Å². The summed E-state index contributed by atoms with van der Waals surface area (Å²) < 4.78 is 5.44. The van der Waals surface area contributed by atoms with Gasteiger partial charge in [0, 0.05) is 31.6 Å². The second-order valence-electron chi connectivity index (χ2n) is 5.11. The molecule has 1 fully saturated rings. The highest BCUT2D eigenvalue weighted by molar-refractivity contribution is 6.30. The van der Waals surface area contributed by atoms with Crippen LogP contribution in [0.1, 0.15) is 12.8 Å². The van der Waals surface area contributed by atoms with Crippen molar-refractivity contribution in [3.8, 4) is 5.75 Å². The number of hydrogen-bond donors (Lipinski definition) is 1. The van der Waals surface area contributed by atoms with Crippen LogP contribution in [0.5, 0.6) is 5.75 Å². The average molecular weight is 311 g/mol. The predicted molar refractivity (Wildman–Crippen MR) is 80.3 cm³/mol. The lowest BCUT2D eigenvalue weighted by Gasteiger charge is -2.16. The van der Waals surface area contributed by atoms with Gasteiger partial charge in [-0.1, -0.05) is 11.6 Å². The van der Waals surface area contributed by atoms with E-state index in [0.717, 1.165) is 6.42 Å². The maximum atomic E-state index is 12.1. The molecule has 2 rings (SSSR count). The van der Waals surface area contributed by atoms with Crippen molar-refractivity contribution in [2.24, 2.45) is 5.92 Å². The Morgan fingerprint density at radius 3 is 2.76 bits per heavy atom. The molecule has 1 aliphatic rings. The molecule has 1 aromatic rings. The minimum Gasteiger partial charge on any atom is -0.484 e. The Bertz CT molecular complexity index is 504. The molecular weight excluding hydrogens is 292 g/mol. The van der Waals surface area contributed by atoms with E-state index in [4.69, 9.17) is 16.3 Å². The molecule has 0 aliphatic carbocycles. The third kappa shape index (κ3) is 4.63. The van der Waals surface area contributed by atoms with E-state index in [0.29, 0.717) is 30.3 Å². The fourth-order valence-electron chi connectivity index (χ4n) is 2.36. The zero-order valence-electron chi connectivity index (χ0n) is 12.0. The molecule has 21 heavy (non-hydrogen) atoms. The molecule has 0 spiro atoms. The summed E-state index contributed by atoms with van der Waals surface area (Å²) in [5, 5.41) is 3.24. The van der Waals surface area contributed by atoms with Crippen LogP contribution in [0.4, 0.5) is 0 Å². The van der Waals surface area contributed by atoms with Crippen molar-refractivity contribution in [3.63, 3.8) is 0 Å². The molecule has 1 saturated heterocycles.